The van der Waals surface area contributed by atoms with Crippen LogP contribution >= 0.6 is 0 Å². The zero-order chi connectivity index (χ0) is 12.3. The van der Waals surface area contributed by atoms with E-state index in [4.69, 9.17) is 10.5 Å². The summed E-state index contributed by atoms with van der Waals surface area (Å²) in [5.74, 6) is 0.0863. The standard InChI is InChI=1S/C12H12FN3O/c1-17-9-4-2-8(3-5-9)6-10-11(13)12(14)16-7-15-10/h2-5,7H,6H2,1H3,(H2,14,15,16). The first kappa shape index (κ1) is 11.3. The molecule has 2 aromatic rings. The summed E-state index contributed by atoms with van der Waals surface area (Å²) in [6.07, 6.45) is 1.64. The molecule has 0 bridgehead atoms. The van der Waals surface area contributed by atoms with E-state index < -0.39 is 5.82 Å². The SMILES string of the molecule is COc1ccc(Cc2ncnc(N)c2F)cc1. The summed E-state index contributed by atoms with van der Waals surface area (Å²) in [5, 5.41) is 0. The lowest BCUT2D eigenvalue weighted by molar-refractivity contribution is 0.414. The number of halogens is 1. The Labute approximate surface area is 98.3 Å². The highest BCUT2D eigenvalue weighted by molar-refractivity contribution is 5.35. The normalized spacial score (nSPS) is 10.2. The number of nitrogen functional groups attached to an aromatic ring is 1. The van der Waals surface area contributed by atoms with E-state index in [1.807, 2.05) is 24.3 Å². The van der Waals surface area contributed by atoms with E-state index in [-0.39, 0.29) is 5.82 Å². The number of hydrogen-bond donors (Lipinski definition) is 1. The molecule has 0 aliphatic heterocycles. The summed E-state index contributed by atoms with van der Waals surface area (Å²) >= 11 is 0. The fourth-order valence-corrected chi connectivity index (χ4v) is 1.48. The van der Waals surface area contributed by atoms with Crippen molar-refractivity contribution in [1.29, 1.82) is 0 Å². The summed E-state index contributed by atoms with van der Waals surface area (Å²) < 4.78 is 18.6. The Bertz CT molecular complexity index is 514. The number of nitrogens with zero attached hydrogens (tertiary/aromatic N) is 2. The lowest BCUT2D eigenvalue weighted by Crippen LogP contribution is -2.03. The molecule has 0 amide bonds. The summed E-state index contributed by atoms with van der Waals surface area (Å²) in [7, 11) is 1.60. The van der Waals surface area contributed by atoms with Crippen LogP contribution in [0.25, 0.3) is 0 Å². The smallest absolute Gasteiger partial charge is 0.187 e. The maximum absolute atomic E-state index is 13.6. The fraction of sp³-hybridized carbons (Fsp3) is 0.167. The van der Waals surface area contributed by atoms with Gasteiger partial charge >= 0.3 is 0 Å². The number of ether oxygens (including phenoxy) is 1. The highest BCUT2D eigenvalue weighted by Gasteiger charge is 2.08. The van der Waals surface area contributed by atoms with E-state index in [2.05, 4.69) is 9.97 Å². The molecule has 2 rings (SSSR count). The van der Waals surface area contributed by atoms with Crippen molar-refractivity contribution in [2.75, 3.05) is 12.8 Å². The Kier molecular flexibility index (Phi) is 3.18. The first-order chi connectivity index (χ1) is 8.20. The average Bonchev–Trinajstić information content (AvgIpc) is 2.36. The van der Waals surface area contributed by atoms with Gasteiger partial charge in [0.2, 0.25) is 0 Å². The zero-order valence-electron chi connectivity index (χ0n) is 9.35. The molecule has 5 heteroatoms. The molecule has 0 fully saturated rings. The summed E-state index contributed by atoms with van der Waals surface area (Å²) in [6, 6.07) is 7.35. The Hall–Kier alpha value is -2.17. The van der Waals surface area contributed by atoms with Crippen molar-refractivity contribution in [3.63, 3.8) is 0 Å². The van der Waals surface area contributed by atoms with Crippen LogP contribution < -0.4 is 10.5 Å². The number of rotatable bonds is 3. The van der Waals surface area contributed by atoms with E-state index >= 15 is 0 Å². The molecule has 2 N–H and O–H groups in total. The highest BCUT2D eigenvalue weighted by atomic mass is 19.1. The van der Waals surface area contributed by atoms with Crippen LogP contribution in [0, 0.1) is 5.82 Å². The molecule has 17 heavy (non-hydrogen) atoms. The number of methoxy groups -OCH3 is 1. The topological polar surface area (TPSA) is 61.0 Å². The molecule has 0 unspecified atom stereocenters. The molecule has 88 valence electrons. The molecular weight excluding hydrogens is 221 g/mol. The predicted molar refractivity (Wildman–Crippen MR) is 62.2 cm³/mol. The molecule has 0 aliphatic rings. The molecule has 0 atom stereocenters. The van der Waals surface area contributed by atoms with Crippen molar-refractivity contribution in [3.05, 3.63) is 47.7 Å². The minimum Gasteiger partial charge on any atom is -0.497 e. The lowest BCUT2D eigenvalue weighted by atomic mass is 10.1. The number of aromatic nitrogens is 2. The second kappa shape index (κ2) is 4.78. The van der Waals surface area contributed by atoms with Crippen molar-refractivity contribution in [1.82, 2.24) is 9.97 Å². The van der Waals surface area contributed by atoms with Crippen molar-refractivity contribution in [2.45, 2.75) is 6.42 Å². The van der Waals surface area contributed by atoms with Gasteiger partial charge in [-0.15, -0.1) is 0 Å². The number of benzene rings is 1. The monoisotopic (exact) mass is 233 g/mol. The second-order valence-electron chi connectivity index (χ2n) is 3.54. The Morgan fingerprint density at radius 2 is 1.94 bits per heavy atom. The van der Waals surface area contributed by atoms with Crippen molar-refractivity contribution in [3.8, 4) is 5.75 Å². The van der Waals surface area contributed by atoms with E-state index in [1.54, 1.807) is 7.11 Å². The highest BCUT2D eigenvalue weighted by Crippen LogP contribution is 2.16. The molecule has 1 aromatic heterocycles. The molecule has 0 aliphatic carbocycles. The van der Waals surface area contributed by atoms with Crippen molar-refractivity contribution >= 4 is 5.82 Å². The molecule has 1 aromatic carbocycles. The second-order valence-corrected chi connectivity index (χ2v) is 3.54. The number of hydrogen-bond acceptors (Lipinski definition) is 4. The van der Waals surface area contributed by atoms with E-state index in [0.717, 1.165) is 11.3 Å². The minimum atomic E-state index is -0.552. The Morgan fingerprint density at radius 1 is 1.24 bits per heavy atom. The van der Waals surface area contributed by atoms with Gasteiger partial charge in [-0.2, -0.15) is 0 Å². The van der Waals surface area contributed by atoms with Gasteiger partial charge in [0, 0.05) is 6.42 Å². The van der Waals surface area contributed by atoms with Gasteiger partial charge in [-0.3, -0.25) is 0 Å². The quantitative estimate of drug-likeness (QED) is 0.878. The van der Waals surface area contributed by atoms with E-state index in [9.17, 15) is 4.39 Å². The molecule has 1 heterocycles. The van der Waals surface area contributed by atoms with Crippen molar-refractivity contribution < 1.29 is 9.13 Å². The van der Waals surface area contributed by atoms with Crippen molar-refractivity contribution in [2.24, 2.45) is 0 Å². The summed E-state index contributed by atoms with van der Waals surface area (Å²) in [6.45, 7) is 0. The lowest BCUT2D eigenvalue weighted by Gasteiger charge is -2.05. The largest absolute Gasteiger partial charge is 0.497 e. The first-order valence-electron chi connectivity index (χ1n) is 5.08. The number of nitrogens with two attached hydrogens (primary N) is 1. The van der Waals surface area contributed by atoms with Gasteiger partial charge in [0.25, 0.3) is 0 Å². The molecular formula is C12H12FN3O. The van der Waals surface area contributed by atoms with Crippen LogP contribution in [0.4, 0.5) is 10.2 Å². The third kappa shape index (κ3) is 2.50. The third-order valence-electron chi connectivity index (χ3n) is 2.42. The maximum Gasteiger partial charge on any atom is 0.187 e. The Balaban J connectivity index is 2.22. The predicted octanol–water partition coefficient (Wildman–Crippen LogP) is 1.80. The molecule has 0 radical (unpaired) electrons. The molecule has 0 spiro atoms. The van der Waals surface area contributed by atoms with Gasteiger partial charge in [-0.25, -0.2) is 14.4 Å². The zero-order valence-corrected chi connectivity index (χ0v) is 9.35. The molecule has 4 nitrogen and oxygen atoms in total. The van der Waals surface area contributed by atoms with Crippen LogP contribution in [-0.2, 0) is 6.42 Å². The fourth-order valence-electron chi connectivity index (χ4n) is 1.48. The van der Waals surface area contributed by atoms with Crippen LogP contribution in [0.15, 0.2) is 30.6 Å². The summed E-state index contributed by atoms with van der Waals surface area (Å²) in [5.41, 5.74) is 6.60. The van der Waals surface area contributed by atoms with Crippen LogP contribution in [0.2, 0.25) is 0 Å². The maximum atomic E-state index is 13.6. The van der Waals surface area contributed by atoms with Gasteiger partial charge in [0.1, 0.15) is 12.1 Å². The summed E-state index contributed by atoms with van der Waals surface area (Å²) in [4.78, 5) is 7.46. The molecule has 0 saturated heterocycles. The van der Waals surface area contributed by atoms with Crippen LogP contribution in [0.5, 0.6) is 5.75 Å². The van der Waals surface area contributed by atoms with Gasteiger partial charge < -0.3 is 10.5 Å². The number of anilines is 1. The first-order valence-corrected chi connectivity index (χ1v) is 5.08. The van der Waals surface area contributed by atoms with Crippen LogP contribution in [0.1, 0.15) is 11.3 Å². The van der Waals surface area contributed by atoms with Crippen LogP contribution in [0.3, 0.4) is 0 Å². The van der Waals surface area contributed by atoms with Crippen LogP contribution in [-0.4, -0.2) is 17.1 Å². The van der Waals surface area contributed by atoms with E-state index in [1.165, 1.54) is 6.33 Å². The average molecular weight is 233 g/mol. The van der Waals surface area contributed by atoms with Gasteiger partial charge in [0.05, 0.1) is 12.8 Å². The third-order valence-corrected chi connectivity index (χ3v) is 2.42. The minimum absolute atomic E-state index is 0.122. The van der Waals surface area contributed by atoms with Gasteiger partial charge in [-0.05, 0) is 17.7 Å². The van der Waals surface area contributed by atoms with E-state index in [0.29, 0.717) is 12.1 Å². The van der Waals surface area contributed by atoms with Gasteiger partial charge in [0.15, 0.2) is 11.6 Å². The van der Waals surface area contributed by atoms with Gasteiger partial charge in [-0.1, -0.05) is 12.1 Å². The Morgan fingerprint density at radius 3 is 2.59 bits per heavy atom. The molecule has 0 saturated carbocycles.